The quantitative estimate of drug-likeness (QED) is 0.855. The van der Waals surface area contributed by atoms with Crippen molar-refractivity contribution < 1.29 is 8.42 Å². The second-order valence-electron chi connectivity index (χ2n) is 6.73. The molecular formula is C16H25NO2S. The van der Waals surface area contributed by atoms with Crippen molar-refractivity contribution in [2.75, 3.05) is 7.05 Å². The molecule has 112 valence electrons. The first-order valence-corrected chi connectivity index (χ1v) is 8.75. The van der Waals surface area contributed by atoms with Gasteiger partial charge in [-0.2, -0.15) is 4.31 Å². The van der Waals surface area contributed by atoms with Gasteiger partial charge in [0.05, 0.1) is 4.90 Å². The average molecular weight is 295 g/mol. The molecule has 0 amide bonds. The topological polar surface area (TPSA) is 37.4 Å². The summed E-state index contributed by atoms with van der Waals surface area (Å²) in [5.74, 6) is 0. The summed E-state index contributed by atoms with van der Waals surface area (Å²) in [7, 11) is -1.64. The lowest BCUT2D eigenvalue weighted by atomic mass is 9.87. The number of hydrogen-bond donors (Lipinski definition) is 0. The molecule has 0 spiro atoms. The summed E-state index contributed by atoms with van der Waals surface area (Å²) in [4.78, 5) is 0.403. The Bertz CT molecular complexity index is 549. The Balaban J connectivity index is 2.25. The fraction of sp³-hybridized carbons (Fsp3) is 0.625. The third-order valence-electron chi connectivity index (χ3n) is 4.24. The molecule has 1 aromatic carbocycles. The Morgan fingerprint density at radius 3 is 2.00 bits per heavy atom. The fourth-order valence-corrected chi connectivity index (χ4v) is 4.17. The summed E-state index contributed by atoms with van der Waals surface area (Å²) in [5.41, 5.74) is 1.19. The maximum absolute atomic E-state index is 12.6. The van der Waals surface area contributed by atoms with E-state index >= 15 is 0 Å². The van der Waals surface area contributed by atoms with Crippen LogP contribution in [0.15, 0.2) is 29.2 Å². The predicted molar refractivity (Wildman–Crippen MR) is 82.3 cm³/mol. The number of hydrogen-bond acceptors (Lipinski definition) is 2. The molecule has 1 aromatic rings. The summed E-state index contributed by atoms with van der Waals surface area (Å²) in [6, 6.07) is 7.50. The first-order chi connectivity index (χ1) is 9.23. The highest BCUT2D eigenvalue weighted by molar-refractivity contribution is 7.89. The molecule has 4 heteroatoms. The van der Waals surface area contributed by atoms with Crippen LogP contribution in [0.3, 0.4) is 0 Å². The fourth-order valence-electron chi connectivity index (χ4n) is 2.76. The van der Waals surface area contributed by atoms with Crippen molar-refractivity contribution in [2.45, 2.75) is 62.8 Å². The molecule has 0 heterocycles. The normalized spacial score (nSPS) is 17.9. The minimum atomic E-state index is -3.35. The van der Waals surface area contributed by atoms with Crippen LogP contribution in [0.2, 0.25) is 0 Å². The van der Waals surface area contributed by atoms with Gasteiger partial charge >= 0.3 is 0 Å². The number of sulfonamides is 1. The van der Waals surface area contributed by atoms with E-state index < -0.39 is 10.0 Å². The third kappa shape index (κ3) is 3.07. The minimum absolute atomic E-state index is 0.0413. The van der Waals surface area contributed by atoms with Crippen molar-refractivity contribution in [1.29, 1.82) is 0 Å². The van der Waals surface area contributed by atoms with Crippen molar-refractivity contribution >= 4 is 10.0 Å². The van der Waals surface area contributed by atoms with E-state index in [2.05, 4.69) is 20.8 Å². The SMILES string of the molecule is CN(C1CCCC1)S(=O)(=O)c1ccc(C(C)(C)C)cc1. The highest BCUT2D eigenvalue weighted by Gasteiger charge is 2.30. The van der Waals surface area contributed by atoms with Crippen molar-refractivity contribution in [2.24, 2.45) is 0 Å². The zero-order chi connectivity index (χ0) is 15.0. The third-order valence-corrected chi connectivity index (χ3v) is 6.16. The Labute approximate surface area is 123 Å². The van der Waals surface area contributed by atoms with Crippen LogP contribution >= 0.6 is 0 Å². The van der Waals surface area contributed by atoms with Crippen LogP contribution in [-0.4, -0.2) is 25.8 Å². The predicted octanol–water partition coefficient (Wildman–Crippen LogP) is 3.55. The van der Waals surface area contributed by atoms with E-state index in [0.29, 0.717) is 4.90 Å². The van der Waals surface area contributed by atoms with E-state index in [-0.39, 0.29) is 11.5 Å². The Hall–Kier alpha value is -0.870. The molecule has 0 saturated heterocycles. The summed E-state index contributed by atoms with van der Waals surface area (Å²) in [5, 5.41) is 0. The molecule has 0 N–H and O–H groups in total. The van der Waals surface area contributed by atoms with Gasteiger partial charge in [0.15, 0.2) is 0 Å². The molecule has 3 nitrogen and oxygen atoms in total. The summed E-state index contributed by atoms with van der Waals surface area (Å²) >= 11 is 0. The molecule has 0 unspecified atom stereocenters. The first-order valence-electron chi connectivity index (χ1n) is 7.31. The maximum Gasteiger partial charge on any atom is 0.243 e. The molecule has 0 atom stereocenters. The first kappa shape index (κ1) is 15.5. The van der Waals surface area contributed by atoms with Gasteiger partial charge in [0, 0.05) is 13.1 Å². The summed E-state index contributed by atoms with van der Waals surface area (Å²) < 4.78 is 26.8. The van der Waals surface area contributed by atoms with Crippen LogP contribution < -0.4 is 0 Å². The molecule has 0 radical (unpaired) electrons. The highest BCUT2D eigenvalue weighted by Crippen LogP contribution is 2.28. The van der Waals surface area contributed by atoms with E-state index in [0.717, 1.165) is 31.2 Å². The van der Waals surface area contributed by atoms with E-state index in [1.807, 2.05) is 12.1 Å². The van der Waals surface area contributed by atoms with Crippen LogP contribution in [0.25, 0.3) is 0 Å². The Morgan fingerprint density at radius 2 is 1.55 bits per heavy atom. The van der Waals surface area contributed by atoms with Gasteiger partial charge in [-0.1, -0.05) is 45.7 Å². The average Bonchev–Trinajstić information content (AvgIpc) is 2.90. The molecule has 20 heavy (non-hydrogen) atoms. The highest BCUT2D eigenvalue weighted by atomic mass is 32.2. The number of nitrogens with zero attached hydrogens (tertiary/aromatic N) is 1. The molecule has 0 aromatic heterocycles. The zero-order valence-corrected chi connectivity index (χ0v) is 13.7. The van der Waals surface area contributed by atoms with Gasteiger partial charge in [0.2, 0.25) is 10.0 Å². The lowest BCUT2D eigenvalue weighted by molar-refractivity contribution is 0.373. The van der Waals surface area contributed by atoms with Crippen LogP contribution in [0.4, 0.5) is 0 Å². The van der Waals surface area contributed by atoms with E-state index in [4.69, 9.17) is 0 Å². The van der Waals surface area contributed by atoms with E-state index in [9.17, 15) is 8.42 Å². The molecule has 1 saturated carbocycles. The van der Waals surface area contributed by atoms with Crippen molar-refractivity contribution in [1.82, 2.24) is 4.31 Å². The molecule has 0 bridgehead atoms. The van der Waals surface area contributed by atoms with Gasteiger partial charge < -0.3 is 0 Å². The molecule has 1 fully saturated rings. The molecule has 0 aliphatic heterocycles. The number of benzene rings is 1. The Kier molecular flexibility index (Phi) is 4.26. The van der Waals surface area contributed by atoms with Gasteiger partial charge in [-0.25, -0.2) is 8.42 Å². The van der Waals surface area contributed by atoms with Crippen LogP contribution in [0.5, 0.6) is 0 Å². The van der Waals surface area contributed by atoms with Gasteiger partial charge in [-0.05, 0) is 36.0 Å². The smallest absolute Gasteiger partial charge is 0.207 e. The van der Waals surface area contributed by atoms with Crippen LogP contribution in [0.1, 0.15) is 52.0 Å². The summed E-state index contributed by atoms with van der Waals surface area (Å²) in [6.07, 6.45) is 4.23. The maximum atomic E-state index is 12.6. The zero-order valence-electron chi connectivity index (χ0n) is 12.9. The van der Waals surface area contributed by atoms with Gasteiger partial charge in [0.25, 0.3) is 0 Å². The second kappa shape index (κ2) is 5.49. The van der Waals surface area contributed by atoms with Crippen molar-refractivity contribution in [3.8, 4) is 0 Å². The lowest BCUT2D eigenvalue weighted by Gasteiger charge is -2.24. The Morgan fingerprint density at radius 1 is 1.05 bits per heavy atom. The van der Waals surface area contributed by atoms with Gasteiger partial charge in [0.1, 0.15) is 0 Å². The van der Waals surface area contributed by atoms with E-state index in [1.54, 1.807) is 23.5 Å². The number of rotatable bonds is 3. The molecule has 1 aliphatic carbocycles. The van der Waals surface area contributed by atoms with Crippen LogP contribution in [0, 0.1) is 0 Å². The monoisotopic (exact) mass is 295 g/mol. The van der Waals surface area contributed by atoms with Gasteiger partial charge in [-0.3, -0.25) is 0 Å². The molecule has 1 aliphatic rings. The molecular weight excluding hydrogens is 270 g/mol. The largest absolute Gasteiger partial charge is 0.243 e. The lowest BCUT2D eigenvalue weighted by Crippen LogP contribution is -2.35. The second-order valence-corrected chi connectivity index (χ2v) is 8.73. The van der Waals surface area contributed by atoms with E-state index in [1.165, 1.54) is 0 Å². The summed E-state index contributed by atoms with van der Waals surface area (Å²) in [6.45, 7) is 6.38. The standard InChI is InChI=1S/C16H25NO2S/c1-16(2,3)13-9-11-15(12-10-13)20(18,19)17(4)14-7-5-6-8-14/h9-12,14H,5-8H2,1-4H3. The molecule has 2 rings (SSSR count). The van der Waals surface area contributed by atoms with Crippen LogP contribution in [-0.2, 0) is 15.4 Å². The van der Waals surface area contributed by atoms with Gasteiger partial charge in [-0.15, -0.1) is 0 Å². The van der Waals surface area contributed by atoms with Crippen molar-refractivity contribution in [3.05, 3.63) is 29.8 Å². The minimum Gasteiger partial charge on any atom is -0.207 e. The van der Waals surface area contributed by atoms with Crippen molar-refractivity contribution in [3.63, 3.8) is 0 Å².